The van der Waals surface area contributed by atoms with Crippen molar-refractivity contribution in [1.29, 1.82) is 0 Å². The van der Waals surface area contributed by atoms with Gasteiger partial charge in [-0.3, -0.25) is 0 Å². The number of rotatable bonds is 0. The summed E-state index contributed by atoms with van der Waals surface area (Å²) in [5.74, 6) is 0. The van der Waals surface area contributed by atoms with Gasteiger partial charge in [-0.15, -0.1) is 0 Å². The molecule has 19 heavy (non-hydrogen) atoms. The lowest BCUT2D eigenvalue weighted by Crippen LogP contribution is -2.05. The van der Waals surface area contributed by atoms with Crippen molar-refractivity contribution >= 4 is 11.3 Å². The molecule has 0 atom stereocenters. The lowest BCUT2D eigenvalue weighted by Gasteiger charge is -2.15. The molecule has 3 nitrogen and oxygen atoms in total. The molecule has 0 saturated heterocycles. The lowest BCUT2D eigenvalue weighted by molar-refractivity contribution is 0.880. The second-order valence-electron chi connectivity index (χ2n) is 5.21. The van der Waals surface area contributed by atoms with Crippen LogP contribution >= 0.6 is 0 Å². The monoisotopic (exact) mass is 249 g/mol. The number of nitrogens with two attached hydrogens (primary N) is 1. The molecule has 2 N–H and O–H groups in total. The van der Waals surface area contributed by atoms with E-state index in [9.17, 15) is 0 Å². The van der Waals surface area contributed by atoms with E-state index in [2.05, 4.69) is 35.6 Å². The predicted octanol–water partition coefficient (Wildman–Crippen LogP) is 2.99. The van der Waals surface area contributed by atoms with E-state index >= 15 is 0 Å². The smallest absolute Gasteiger partial charge is 0.140 e. The number of nitrogen functional groups attached to an aromatic ring is 1. The number of imidazole rings is 1. The van der Waals surface area contributed by atoms with Crippen LogP contribution in [0.3, 0.4) is 0 Å². The average Bonchev–Trinajstić information content (AvgIpc) is 2.78. The fraction of sp³-hybridized carbons (Fsp3) is 0.188. The van der Waals surface area contributed by atoms with Crippen molar-refractivity contribution in [2.75, 3.05) is 5.73 Å². The van der Waals surface area contributed by atoms with Gasteiger partial charge in [0.1, 0.15) is 5.65 Å². The number of fused-ring (bicyclic) bond motifs is 5. The first-order valence-corrected chi connectivity index (χ1v) is 6.59. The van der Waals surface area contributed by atoms with Crippen molar-refractivity contribution in [3.05, 3.63) is 53.3 Å². The molecule has 2 aromatic heterocycles. The van der Waals surface area contributed by atoms with Crippen molar-refractivity contribution in [2.45, 2.75) is 19.8 Å². The summed E-state index contributed by atoms with van der Waals surface area (Å²) in [6.45, 7) is 2.07. The largest absolute Gasteiger partial charge is 0.398 e. The molecular weight excluding hydrogens is 234 g/mol. The number of nitrogens with zero attached hydrogens (tertiary/aromatic N) is 2. The number of benzene rings is 1. The van der Waals surface area contributed by atoms with E-state index in [1.54, 1.807) is 0 Å². The molecule has 1 aliphatic carbocycles. The maximum absolute atomic E-state index is 5.96. The van der Waals surface area contributed by atoms with Crippen LogP contribution in [0.2, 0.25) is 0 Å². The van der Waals surface area contributed by atoms with Crippen LogP contribution in [0.1, 0.15) is 16.8 Å². The molecule has 0 bridgehead atoms. The molecule has 1 aromatic carbocycles. The Morgan fingerprint density at radius 2 is 2.05 bits per heavy atom. The van der Waals surface area contributed by atoms with E-state index in [0.29, 0.717) is 0 Å². The molecule has 0 amide bonds. The van der Waals surface area contributed by atoms with Crippen molar-refractivity contribution in [3.63, 3.8) is 0 Å². The van der Waals surface area contributed by atoms with Gasteiger partial charge in [0.2, 0.25) is 0 Å². The molecule has 2 heterocycles. The van der Waals surface area contributed by atoms with Gasteiger partial charge in [-0.1, -0.05) is 24.3 Å². The van der Waals surface area contributed by atoms with Crippen LogP contribution in [0.15, 0.2) is 36.5 Å². The van der Waals surface area contributed by atoms with Gasteiger partial charge in [-0.2, -0.15) is 0 Å². The summed E-state index contributed by atoms with van der Waals surface area (Å²) in [6.07, 6.45) is 4.09. The van der Waals surface area contributed by atoms with Gasteiger partial charge in [0.25, 0.3) is 0 Å². The number of hydrogen-bond donors (Lipinski definition) is 1. The minimum absolute atomic E-state index is 0.795. The van der Waals surface area contributed by atoms with E-state index in [0.717, 1.165) is 35.4 Å². The molecule has 0 spiro atoms. The molecule has 3 heteroatoms. The minimum Gasteiger partial charge on any atom is -0.398 e. The van der Waals surface area contributed by atoms with Crippen LogP contribution in [0.4, 0.5) is 5.69 Å². The van der Waals surface area contributed by atoms with Gasteiger partial charge in [0.05, 0.1) is 11.4 Å². The Morgan fingerprint density at radius 1 is 1.21 bits per heavy atom. The summed E-state index contributed by atoms with van der Waals surface area (Å²) >= 11 is 0. The Hall–Kier alpha value is -2.29. The molecule has 4 rings (SSSR count). The highest BCUT2D eigenvalue weighted by molar-refractivity contribution is 5.73. The Kier molecular flexibility index (Phi) is 2.01. The summed E-state index contributed by atoms with van der Waals surface area (Å²) < 4.78 is 2.16. The van der Waals surface area contributed by atoms with Crippen molar-refractivity contribution < 1.29 is 0 Å². The third-order valence-corrected chi connectivity index (χ3v) is 3.93. The van der Waals surface area contributed by atoms with Crippen molar-refractivity contribution in [1.82, 2.24) is 9.38 Å². The molecule has 0 radical (unpaired) electrons. The van der Waals surface area contributed by atoms with Crippen LogP contribution < -0.4 is 5.73 Å². The summed E-state index contributed by atoms with van der Waals surface area (Å²) in [5, 5.41) is 0. The maximum atomic E-state index is 5.96. The van der Waals surface area contributed by atoms with Crippen LogP contribution in [0.5, 0.6) is 0 Å². The second kappa shape index (κ2) is 3.60. The number of aromatic nitrogens is 2. The Balaban J connectivity index is 2.11. The maximum Gasteiger partial charge on any atom is 0.140 e. The molecule has 1 aliphatic rings. The van der Waals surface area contributed by atoms with E-state index in [1.807, 2.05) is 12.3 Å². The standard InChI is InChI=1S/C16H15N3/c1-10-8-12(17)9-19-14-7-6-11-4-2-3-5-13(11)15(14)18-16(10)19/h2-5,8-9H,6-7,17H2,1H3. The van der Waals surface area contributed by atoms with Crippen LogP contribution in [0.25, 0.3) is 16.9 Å². The normalized spacial score (nSPS) is 13.3. The molecule has 3 aromatic rings. The molecule has 0 fully saturated rings. The highest BCUT2D eigenvalue weighted by atomic mass is 15.0. The van der Waals surface area contributed by atoms with Crippen molar-refractivity contribution in [3.8, 4) is 11.3 Å². The predicted molar refractivity (Wildman–Crippen MR) is 77.2 cm³/mol. The summed E-state index contributed by atoms with van der Waals surface area (Å²) in [5.41, 5.74) is 14.0. The van der Waals surface area contributed by atoms with Gasteiger partial charge < -0.3 is 10.1 Å². The van der Waals surface area contributed by atoms with Gasteiger partial charge in [-0.05, 0) is 37.0 Å². The first-order valence-electron chi connectivity index (χ1n) is 6.59. The van der Waals surface area contributed by atoms with E-state index in [1.165, 1.54) is 16.8 Å². The fourth-order valence-electron chi connectivity index (χ4n) is 3.06. The van der Waals surface area contributed by atoms with Gasteiger partial charge in [0.15, 0.2) is 0 Å². The molecule has 0 unspecified atom stereocenters. The Labute approximate surface area is 111 Å². The number of hydrogen-bond acceptors (Lipinski definition) is 2. The summed E-state index contributed by atoms with van der Waals surface area (Å²) in [6, 6.07) is 10.5. The first kappa shape index (κ1) is 10.6. The summed E-state index contributed by atoms with van der Waals surface area (Å²) in [7, 11) is 0. The van der Waals surface area contributed by atoms with Gasteiger partial charge in [0, 0.05) is 17.4 Å². The quantitative estimate of drug-likeness (QED) is 0.665. The van der Waals surface area contributed by atoms with E-state index in [4.69, 9.17) is 10.7 Å². The molecule has 94 valence electrons. The second-order valence-corrected chi connectivity index (χ2v) is 5.21. The molecule has 0 aliphatic heterocycles. The minimum atomic E-state index is 0.795. The highest BCUT2D eigenvalue weighted by Crippen LogP contribution is 2.34. The van der Waals surface area contributed by atoms with Crippen LogP contribution in [-0.4, -0.2) is 9.38 Å². The van der Waals surface area contributed by atoms with E-state index < -0.39 is 0 Å². The third kappa shape index (κ3) is 1.41. The fourth-order valence-corrected chi connectivity index (χ4v) is 3.06. The molecular formula is C16H15N3. The zero-order valence-electron chi connectivity index (χ0n) is 10.9. The van der Waals surface area contributed by atoms with E-state index in [-0.39, 0.29) is 0 Å². The average molecular weight is 249 g/mol. The molecule has 0 saturated carbocycles. The highest BCUT2D eigenvalue weighted by Gasteiger charge is 2.21. The van der Waals surface area contributed by atoms with Crippen LogP contribution in [-0.2, 0) is 12.8 Å². The first-order chi connectivity index (χ1) is 9.24. The van der Waals surface area contributed by atoms with Crippen LogP contribution in [0, 0.1) is 6.92 Å². The third-order valence-electron chi connectivity index (χ3n) is 3.93. The summed E-state index contributed by atoms with van der Waals surface area (Å²) in [4.78, 5) is 4.84. The lowest BCUT2D eigenvalue weighted by atomic mass is 9.92. The Morgan fingerprint density at radius 3 is 2.95 bits per heavy atom. The number of aryl methyl sites for hydroxylation is 3. The van der Waals surface area contributed by atoms with Crippen molar-refractivity contribution in [2.24, 2.45) is 0 Å². The van der Waals surface area contributed by atoms with Gasteiger partial charge >= 0.3 is 0 Å². The SMILES string of the molecule is Cc1cc(N)cn2c3c(nc12)-c1ccccc1CC3. The Bertz CT molecular complexity index is 799. The topological polar surface area (TPSA) is 43.3 Å². The zero-order chi connectivity index (χ0) is 13.0. The zero-order valence-corrected chi connectivity index (χ0v) is 10.9. The number of pyridine rings is 1. The van der Waals surface area contributed by atoms with Gasteiger partial charge in [-0.25, -0.2) is 4.98 Å². The number of anilines is 1.